The topological polar surface area (TPSA) is 103 Å². The van der Waals surface area contributed by atoms with Crippen molar-refractivity contribution in [3.05, 3.63) is 41.2 Å². The third-order valence-electron chi connectivity index (χ3n) is 4.80. The zero-order chi connectivity index (χ0) is 23.5. The summed E-state index contributed by atoms with van der Waals surface area (Å²) in [6.45, 7) is 4.53. The van der Waals surface area contributed by atoms with Gasteiger partial charge in [0, 0.05) is 50.0 Å². The number of alkyl halides is 3. The minimum atomic E-state index is -5.08. The second kappa shape index (κ2) is 9.47. The van der Waals surface area contributed by atoms with Crippen molar-refractivity contribution in [3.8, 4) is 11.5 Å². The molecular formula is C20H22F3N3O6. The third-order valence-corrected chi connectivity index (χ3v) is 4.80. The van der Waals surface area contributed by atoms with Gasteiger partial charge in [0.1, 0.15) is 0 Å². The fourth-order valence-corrected chi connectivity index (χ4v) is 3.40. The molecule has 9 nitrogen and oxygen atoms in total. The predicted octanol–water partition coefficient (Wildman–Crippen LogP) is 2.56. The van der Waals surface area contributed by atoms with E-state index in [9.17, 15) is 18.0 Å². The number of amides is 1. The number of benzene rings is 1. The minimum absolute atomic E-state index is 0.0192. The Labute approximate surface area is 181 Å². The molecule has 0 radical (unpaired) electrons. The first kappa shape index (κ1) is 23.4. The predicted molar refractivity (Wildman–Crippen MR) is 103 cm³/mol. The van der Waals surface area contributed by atoms with Crippen molar-refractivity contribution in [2.24, 2.45) is 7.05 Å². The molecule has 12 heteroatoms. The summed E-state index contributed by atoms with van der Waals surface area (Å²) >= 11 is 0. The number of halogens is 3. The Morgan fingerprint density at radius 2 is 1.97 bits per heavy atom. The van der Waals surface area contributed by atoms with Gasteiger partial charge in [0.05, 0.1) is 12.3 Å². The van der Waals surface area contributed by atoms with E-state index in [2.05, 4.69) is 5.10 Å². The Morgan fingerprint density at radius 3 is 2.62 bits per heavy atom. The molecule has 0 spiro atoms. The summed E-state index contributed by atoms with van der Waals surface area (Å²) in [5, 5.41) is 11.7. The van der Waals surface area contributed by atoms with E-state index in [1.165, 1.54) is 0 Å². The molecule has 1 aromatic heterocycles. The van der Waals surface area contributed by atoms with Crippen LogP contribution in [0.1, 0.15) is 34.5 Å². The maximum Gasteiger partial charge on any atom is 0.490 e. The highest BCUT2D eigenvalue weighted by Gasteiger charge is 2.38. The van der Waals surface area contributed by atoms with Crippen LogP contribution in [0.4, 0.5) is 13.2 Å². The summed E-state index contributed by atoms with van der Waals surface area (Å²) < 4.78 is 49.8. The van der Waals surface area contributed by atoms with E-state index in [0.29, 0.717) is 43.4 Å². The van der Waals surface area contributed by atoms with E-state index in [1.54, 1.807) is 22.9 Å². The quantitative estimate of drug-likeness (QED) is 0.753. The SMILES string of the molecule is CCOCC1CN(C(=O)c2ccc3c(c2)OCO3)Cc2cn(C)nc21.O=C(O)C(F)(F)F. The molecule has 3 heterocycles. The van der Waals surface area contributed by atoms with Gasteiger partial charge >= 0.3 is 12.1 Å². The Bertz CT molecular complexity index is 991. The van der Waals surface area contributed by atoms with Crippen molar-refractivity contribution in [3.63, 3.8) is 0 Å². The molecule has 1 unspecified atom stereocenters. The number of hydrogen-bond acceptors (Lipinski definition) is 6. The molecule has 0 saturated carbocycles. The molecule has 2 aliphatic rings. The number of aryl methyl sites for hydroxylation is 1. The van der Waals surface area contributed by atoms with Crippen LogP contribution >= 0.6 is 0 Å². The maximum atomic E-state index is 13.0. The number of hydrogen-bond donors (Lipinski definition) is 1. The lowest BCUT2D eigenvalue weighted by molar-refractivity contribution is -0.192. The number of aromatic nitrogens is 2. The van der Waals surface area contributed by atoms with Crippen molar-refractivity contribution in [2.45, 2.75) is 25.6 Å². The molecule has 174 valence electrons. The molecular weight excluding hydrogens is 435 g/mol. The number of carboxylic acid groups (broad SMARTS) is 1. The van der Waals surface area contributed by atoms with Crippen molar-refractivity contribution >= 4 is 11.9 Å². The molecule has 1 amide bonds. The average Bonchev–Trinajstić information content (AvgIpc) is 3.35. The summed E-state index contributed by atoms with van der Waals surface area (Å²) in [5.74, 6) is -1.39. The molecule has 0 fully saturated rings. The van der Waals surface area contributed by atoms with Crippen LogP contribution in [0.3, 0.4) is 0 Å². The van der Waals surface area contributed by atoms with Gasteiger partial charge in [-0.15, -0.1) is 0 Å². The van der Waals surface area contributed by atoms with Crippen LogP contribution in [0.25, 0.3) is 0 Å². The van der Waals surface area contributed by atoms with E-state index in [0.717, 1.165) is 11.3 Å². The number of nitrogens with zero attached hydrogens (tertiary/aromatic N) is 3. The molecule has 4 rings (SSSR count). The largest absolute Gasteiger partial charge is 0.490 e. The number of ether oxygens (including phenoxy) is 3. The summed E-state index contributed by atoms with van der Waals surface area (Å²) in [4.78, 5) is 23.7. The van der Waals surface area contributed by atoms with Gasteiger partial charge in [0.2, 0.25) is 6.79 Å². The van der Waals surface area contributed by atoms with E-state index < -0.39 is 12.1 Å². The first-order valence-electron chi connectivity index (χ1n) is 9.69. The lowest BCUT2D eigenvalue weighted by Crippen LogP contribution is -2.39. The van der Waals surface area contributed by atoms with Gasteiger partial charge in [-0.3, -0.25) is 9.48 Å². The van der Waals surface area contributed by atoms with Crippen LogP contribution in [0, 0.1) is 0 Å². The maximum absolute atomic E-state index is 13.0. The Balaban J connectivity index is 0.000000360. The molecule has 2 aliphatic heterocycles. The Kier molecular flexibility index (Phi) is 6.92. The summed E-state index contributed by atoms with van der Waals surface area (Å²) in [6.07, 6.45) is -3.10. The summed E-state index contributed by atoms with van der Waals surface area (Å²) in [5.41, 5.74) is 2.71. The molecule has 0 bridgehead atoms. The standard InChI is InChI=1S/C18H21N3O4.C2HF3O2/c1-3-23-10-14-9-21(8-13-7-20(2)19-17(13)14)18(22)12-4-5-15-16(6-12)25-11-24-15;3-2(4,5)1(6)7/h4-7,14H,3,8-11H2,1-2H3;(H,6,7). The van der Waals surface area contributed by atoms with E-state index in [1.807, 2.05) is 25.1 Å². The molecule has 2 aromatic rings. The summed E-state index contributed by atoms with van der Waals surface area (Å²) in [6, 6.07) is 5.32. The fraction of sp³-hybridized carbons (Fsp3) is 0.450. The van der Waals surface area contributed by atoms with Gasteiger partial charge in [0.15, 0.2) is 11.5 Å². The van der Waals surface area contributed by atoms with Crippen LogP contribution in [0.15, 0.2) is 24.4 Å². The number of carbonyl (C=O) groups excluding carboxylic acids is 1. The summed E-state index contributed by atoms with van der Waals surface area (Å²) in [7, 11) is 1.90. The highest BCUT2D eigenvalue weighted by molar-refractivity contribution is 5.95. The van der Waals surface area contributed by atoms with Gasteiger partial charge in [-0.1, -0.05) is 0 Å². The van der Waals surface area contributed by atoms with Crippen LogP contribution in [0.5, 0.6) is 11.5 Å². The van der Waals surface area contributed by atoms with Gasteiger partial charge in [-0.05, 0) is 25.1 Å². The van der Waals surface area contributed by atoms with Crippen molar-refractivity contribution in [1.29, 1.82) is 0 Å². The van der Waals surface area contributed by atoms with Crippen LogP contribution < -0.4 is 9.47 Å². The smallest absolute Gasteiger partial charge is 0.475 e. The number of carbonyl (C=O) groups is 2. The van der Waals surface area contributed by atoms with Crippen molar-refractivity contribution < 1.29 is 42.1 Å². The molecule has 0 saturated heterocycles. The monoisotopic (exact) mass is 457 g/mol. The molecule has 1 N–H and O–H groups in total. The molecule has 1 aromatic carbocycles. The zero-order valence-corrected chi connectivity index (χ0v) is 17.4. The fourth-order valence-electron chi connectivity index (χ4n) is 3.40. The van der Waals surface area contributed by atoms with Gasteiger partial charge in [-0.25, -0.2) is 4.79 Å². The molecule has 32 heavy (non-hydrogen) atoms. The van der Waals surface area contributed by atoms with Crippen molar-refractivity contribution in [1.82, 2.24) is 14.7 Å². The molecule has 1 atom stereocenters. The third kappa shape index (κ3) is 5.31. The minimum Gasteiger partial charge on any atom is -0.475 e. The first-order valence-corrected chi connectivity index (χ1v) is 9.69. The normalized spacial score (nSPS) is 16.8. The average molecular weight is 457 g/mol. The number of carboxylic acids is 1. The van der Waals surface area contributed by atoms with Gasteiger partial charge in [-0.2, -0.15) is 18.3 Å². The van der Waals surface area contributed by atoms with E-state index >= 15 is 0 Å². The second-order valence-corrected chi connectivity index (χ2v) is 7.13. The van der Waals surface area contributed by atoms with Crippen molar-refractivity contribution in [2.75, 3.05) is 26.6 Å². The van der Waals surface area contributed by atoms with E-state index in [4.69, 9.17) is 24.1 Å². The zero-order valence-electron chi connectivity index (χ0n) is 17.4. The van der Waals surface area contributed by atoms with Gasteiger partial charge in [0.25, 0.3) is 5.91 Å². The first-order chi connectivity index (χ1) is 15.1. The second-order valence-electron chi connectivity index (χ2n) is 7.13. The lowest BCUT2D eigenvalue weighted by atomic mass is 9.96. The molecule has 0 aliphatic carbocycles. The van der Waals surface area contributed by atoms with Gasteiger partial charge < -0.3 is 24.2 Å². The lowest BCUT2D eigenvalue weighted by Gasteiger charge is -2.32. The number of rotatable bonds is 4. The highest BCUT2D eigenvalue weighted by Crippen LogP contribution is 2.34. The van der Waals surface area contributed by atoms with Crippen LogP contribution in [-0.2, 0) is 23.1 Å². The number of fused-ring (bicyclic) bond motifs is 2. The van der Waals surface area contributed by atoms with Crippen LogP contribution in [-0.4, -0.2) is 64.4 Å². The van der Waals surface area contributed by atoms with Crippen LogP contribution in [0.2, 0.25) is 0 Å². The number of aliphatic carboxylic acids is 1. The highest BCUT2D eigenvalue weighted by atomic mass is 19.4. The Hall–Kier alpha value is -3.28. The van der Waals surface area contributed by atoms with E-state index in [-0.39, 0.29) is 18.6 Å². The Morgan fingerprint density at radius 1 is 1.28 bits per heavy atom.